The van der Waals surface area contributed by atoms with Crippen molar-refractivity contribution in [3.05, 3.63) is 0 Å². The zero-order valence-electron chi connectivity index (χ0n) is 15.7. The van der Waals surface area contributed by atoms with Crippen molar-refractivity contribution in [3.8, 4) is 0 Å². The van der Waals surface area contributed by atoms with Crippen LogP contribution in [0, 0.1) is 0 Å². The molecule has 2 rings (SSSR count). The summed E-state index contributed by atoms with van der Waals surface area (Å²) in [4.78, 5) is 33.9. The van der Waals surface area contributed by atoms with Crippen molar-refractivity contribution in [3.63, 3.8) is 0 Å². The number of hydrogen-bond acceptors (Lipinski definition) is 7. The second-order valence-electron chi connectivity index (χ2n) is 7.46. The van der Waals surface area contributed by atoms with Gasteiger partial charge in [-0.3, -0.25) is 4.79 Å². The molecule has 1 heterocycles. The summed E-state index contributed by atoms with van der Waals surface area (Å²) in [6.07, 6.45) is 10.6. The molecule has 152 valence electrons. The van der Waals surface area contributed by atoms with Gasteiger partial charge in [0.05, 0.1) is 6.61 Å². The summed E-state index contributed by atoms with van der Waals surface area (Å²) in [6.45, 7) is 1.21. The molecule has 1 saturated carbocycles. The molecule has 0 aromatic carbocycles. The van der Waals surface area contributed by atoms with E-state index < -0.39 is 23.7 Å². The number of hydrogen-bond donors (Lipinski definition) is 3. The summed E-state index contributed by atoms with van der Waals surface area (Å²) >= 11 is 0. The molecule has 1 saturated heterocycles. The zero-order valence-corrected chi connectivity index (χ0v) is 15.7. The van der Waals surface area contributed by atoms with Gasteiger partial charge in [0.1, 0.15) is 0 Å². The number of aliphatic hydroxyl groups is 2. The molecule has 1 spiro atoms. The van der Waals surface area contributed by atoms with E-state index in [0.29, 0.717) is 12.8 Å². The lowest BCUT2D eigenvalue weighted by molar-refractivity contribution is -0.532. The minimum absolute atomic E-state index is 0.150. The Morgan fingerprint density at radius 2 is 1.50 bits per heavy atom. The van der Waals surface area contributed by atoms with Crippen molar-refractivity contribution >= 4 is 5.91 Å². The fraction of sp³-hybridized carbons (Fsp3) is 0.944. The maximum atomic E-state index is 12.1. The standard InChI is InChI=1S/C18H33NO7/c1-17(21,22)19-16(20)15-11-14-23-25-18(26-24-15)12-9-7-5-3-2-4-6-8-10-13-18/h15,21-22H,2-14H2,1H3,(H,19,20). The third kappa shape index (κ3) is 7.85. The Morgan fingerprint density at radius 3 is 2.04 bits per heavy atom. The fourth-order valence-electron chi connectivity index (χ4n) is 3.32. The third-order valence-corrected chi connectivity index (χ3v) is 4.76. The first kappa shape index (κ1) is 21.5. The summed E-state index contributed by atoms with van der Waals surface area (Å²) in [5, 5.41) is 20.7. The van der Waals surface area contributed by atoms with Gasteiger partial charge in [-0.05, 0) is 12.8 Å². The van der Waals surface area contributed by atoms with E-state index in [1.165, 1.54) is 32.1 Å². The minimum Gasteiger partial charge on any atom is -0.349 e. The van der Waals surface area contributed by atoms with Gasteiger partial charge in [0.15, 0.2) is 6.10 Å². The van der Waals surface area contributed by atoms with Crippen LogP contribution in [0.1, 0.15) is 84.0 Å². The van der Waals surface area contributed by atoms with Crippen molar-refractivity contribution < 1.29 is 34.6 Å². The molecule has 1 amide bonds. The first-order valence-corrected chi connectivity index (χ1v) is 9.82. The van der Waals surface area contributed by atoms with Gasteiger partial charge in [-0.2, -0.15) is 9.78 Å². The molecule has 0 aromatic heterocycles. The molecule has 3 N–H and O–H groups in total. The van der Waals surface area contributed by atoms with E-state index >= 15 is 0 Å². The number of carbonyl (C=O) groups excluding carboxylic acids is 1. The van der Waals surface area contributed by atoms with Gasteiger partial charge in [0.25, 0.3) is 5.91 Å². The van der Waals surface area contributed by atoms with E-state index in [4.69, 9.17) is 19.6 Å². The van der Waals surface area contributed by atoms with Gasteiger partial charge in [0.2, 0.25) is 11.7 Å². The van der Waals surface area contributed by atoms with Crippen molar-refractivity contribution in [1.29, 1.82) is 0 Å². The van der Waals surface area contributed by atoms with Crippen LogP contribution in [0.4, 0.5) is 0 Å². The predicted octanol–water partition coefficient (Wildman–Crippen LogP) is 2.43. The highest BCUT2D eigenvalue weighted by atomic mass is 17.3. The van der Waals surface area contributed by atoms with E-state index in [-0.39, 0.29) is 13.0 Å². The van der Waals surface area contributed by atoms with E-state index in [1.807, 2.05) is 0 Å². The van der Waals surface area contributed by atoms with Gasteiger partial charge in [0, 0.05) is 26.2 Å². The van der Waals surface area contributed by atoms with Crippen molar-refractivity contribution in [2.45, 2.75) is 102 Å². The Labute approximate surface area is 155 Å². The molecule has 0 radical (unpaired) electrons. The van der Waals surface area contributed by atoms with E-state index in [1.54, 1.807) is 0 Å². The molecule has 2 fully saturated rings. The molecule has 1 unspecified atom stereocenters. The van der Waals surface area contributed by atoms with Crippen LogP contribution in [0.5, 0.6) is 0 Å². The second-order valence-corrected chi connectivity index (χ2v) is 7.46. The van der Waals surface area contributed by atoms with Crippen LogP contribution in [0.2, 0.25) is 0 Å². The van der Waals surface area contributed by atoms with Crippen LogP contribution in [0.3, 0.4) is 0 Å². The van der Waals surface area contributed by atoms with Gasteiger partial charge in [-0.15, -0.1) is 0 Å². The first-order chi connectivity index (χ1) is 12.4. The zero-order chi connectivity index (χ0) is 18.9. The number of amides is 1. The summed E-state index contributed by atoms with van der Waals surface area (Å²) in [5.74, 6) is -4.02. The van der Waals surface area contributed by atoms with Gasteiger partial charge in [-0.1, -0.05) is 44.9 Å². The SMILES string of the molecule is CC(O)(O)NC(=O)C1CCOOC2(CCCCCCCCCCC2)OO1. The normalized spacial score (nSPS) is 26.8. The Kier molecular flexibility index (Phi) is 8.72. The molecule has 8 nitrogen and oxygen atoms in total. The molecule has 1 atom stereocenters. The van der Waals surface area contributed by atoms with Crippen molar-refractivity contribution in [1.82, 2.24) is 5.32 Å². The average molecular weight is 375 g/mol. The Bertz CT molecular complexity index is 412. The summed E-state index contributed by atoms with van der Waals surface area (Å²) < 4.78 is 0. The van der Waals surface area contributed by atoms with Crippen molar-refractivity contribution in [2.24, 2.45) is 0 Å². The van der Waals surface area contributed by atoms with Crippen LogP contribution in [0.15, 0.2) is 0 Å². The highest BCUT2D eigenvalue weighted by molar-refractivity contribution is 5.81. The number of carbonyl (C=O) groups is 1. The number of nitrogens with one attached hydrogen (secondary N) is 1. The summed E-state index contributed by atoms with van der Waals surface area (Å²) in [5.41, 5.74) is 0. The van der Waals surface area contributed by atoms with Gasteiger partial charge < -0.3 is 15.5 Å². The first-order valence-electron chi connectivity index (χ1n) is 9.82. The Hall–Kier alpha value is -0.770. The van der Waals surface area contributed by atoms with Crippen LogP contribution in [0.25, 0.3) is 0 Å². The quantitative estimate of drug-likeness (QED) is 0.503. The molecule has 1 aliphatic heterocycles. The topological polar surface area (TPSA) is 106 Å². The Balaban J connectivity index is 1.96. The lowest BCUT2D eigenvalue weighted by Crippen LogP contribution is -2.52. The average Bonchev–Trinajstić information content (AvgIpc) is 2.52. The molecule has 1 aliphatic carbocycles. The van der Waals surface area contributed by atoms with Crippen LogP contribution < -0.4 is 5.32 Å². The Morgan fingerprint density at radius 1 is 0.962 bits per heavy atom. The lowest BCUT2D eigenvalue weighted by atomic mass is 9.97. The maximum Gasteiger partial charge on any atom is 0.256 e. The molecule has 8 heteroatoms. The van der Waals surface area contributed by atoms with Crippen LogP contribution in [-0.2, 0) is 24.3 Å². The highest BCUT2D eigenvalue weighted by Crippen LogP contribution is 2.32. The smallest absolute Gasteiger partial charge is 0.256 e. The highest BCUT2D eigenvalue weighted by Gasteiger charge is 2.39. The van der Waals surface area contributed by atoms with Crippen molar-refractivity contribution in [2.75, 3.05) is 6.61 Å². The largest absolute Gasteiger partial charge is 0.349 e. The van der Waals surface area contributed by atoms with E-state index in [0.717, 1.165) is 32.6 Å². The molecular weight excluding hydrogens is 342 g/mol. The van der Waals surface area contributed by atoms with Gasteiger partial charge in [-0.25, -0.2) is 9.78 Å². The fourth-order valence-corrected chi connectivity index (χ4v) is 3.32. The maximum absolute atomic E-state index is 12.1. The van der Waals surface area contributed by atoms with Crippen LogP contribution in [-0.4, -0.2) is 40.5 Å². The summed E-state index contributed by atoms with van der Waals surface area (Å²) in [7, 11) is 0. The van der Waals surface area contributed by atoms with E-state index in [2.05, 4.69) is 5.32 Å². The third-order valence-electron chi connectivity index (χ3n) is 4.76. The minimum atomic E-state index is -2.31. The molecular formula is C18H33NO7. The molecule has 2 aliphatic rings. The molecule has 0 aromatic rings. The predicted molar refractivity (Wildman–Crippen MR) is 92.1 cm³/mol. The second kappa shape index (κ2) is 10.5. The lowest BCUT2D eigenvalue weighted by Gasteiger charge is -2.34. The monoisotopic (exact) mass is 375 g/mol. The number of rotatable bonds is 2. The van der Waals surface area contributed by atoms with Crippen LogP contribution >= 0.6 is 0 Å². The van der Waals surface area contributed by atoms with E-state index in [9.17, 15) is 15.0 Å². The molecule has 0 bridgehead atoms. The molecule has 26 heavy (non-hydrogen) atoms. The van der Waals surface area contributed by atoms with Gasteiger partial charge >= 0.3 is 0 Å². The summed E-state index contributed by atoms with van der Waals surface area (Å²) in [6, 6.07) is 0.